The highest BCUT2D eigenvalue weighted by molar-refractivity contribution is 7.56. The van der Waals surface area contributed by atoms with Crippen molar-refractivity contribution in [2.45, 2.75) is 79.6 Å². The van der Waals surface area contributed by atoms with Crippen LogP contribution < -0.4 is 16.3 Å². The smallest absolute Gasteiger partial charge is 0.276 e. The van der Waals surface area contributed by atoms with Crippen molar-refractivity contribution >= 4 is 32.4 Å². The fourth-order valence-electron chi connectivity index (χ4n) is 1.98. The lowest BCUT2D eigenvalue weighted by Crippen LogP contribution is -2.39. The number of nitrogens with one attached hydrogen (secondary N) is 1. The van der Waals surface area contributed by atoms with Crippen LogP contribution in [0.1, 0.15) is 55.4 Å². The van der Waals surface area contributed by atoms with Crippen LogP contribution >= 0.6 is 32.4 Å². The molecule has 0 amide bonds. The van der Waals surface area contributed by atoms with Crippen LogP contribution in [0.3, 0.4) is 0 Å². The summed E-state index contributed by atoms with van der Waals surface area (Å²) < 4.78 is 12.9. The van der Waals surface area contributed by atoms with Gasteiger partial charge in [-0.15, -0.1) is 24.8 Å². The van der Waals surface area contributed by atoms with Gasteiger partial charge < -0.3 is 5.32 Å². The lowest BCUT2D eigenvalue weighted by molar-refractivity contribution is 0.299. The van der Waals surface area contributed by atoms with Crippen LogP contribution in [0.5, 0.6) is 0 Å². The predicted octanol–water partition coefficient (Wildman–Crippen LogP) is 3.37. The molecule has 0 aromatic rings. The van der Waals surface area contributed by atoms with Crippen LogP contribution in [0.2, 0.25) is 0 Å². The van der Waals surface area contributed by atoms with E-state index in [4.69, 9.17) is 11.0 Å². The molecule has 0 atom stereocenters. The van der Waals surface area contributed by atoms with Crippen LogP contribution in [0.15, 0.2) is 0 Å². The number of hydrogen-bond acceptors (Lipinski definition) is 2. The number of nitrogens with two attached hydrogens (primary N) is 2. The first kappa shape index (κ1) is 28.8. The van der Waals surface area contributed by atoms with Crippen LogP contribution in [0.4, 0.5) is 0 Å². The highest BCUT2D eigenvalue weighted by Crippen LogP contribution is 2.35. The van der Waals surface area contributed by atoms with E-state index in [1.54, 1.807) is 4.67 Å². The minimum Gasteiger partial charge on any atom is -0.312 e. The number of halogens is 2. The standard InChI is InChI=1S/C6H18N3OP.C6H15N.2ClH/c1-5(2)9(6(3)4)11(7,8)10;1-5(2)7-6(3)4;;/h5-6H,1-4H3,(H4,7,8,10);5-7H,1-4H3;2*1H. The third-order valence-corrected chi connectivity index (χ3v) is 3.73. The zero-order chi connectivity index (χ0) is 15.1. The quantitative estimate of drug-likeness (QED) is 0.660. The Morgan fingerprint density at radius 2 is 1.05 bits per heavy atom. The molecule has 0 unspecified atom stereocenters. The summed E-state index contributed by atoms with van der Waals surface area (Å²) >= 11 is 0. The van der Waals surface area contributed by atoms with Gasteiger partial charge in [0.05, 0.1) is 0 Å². The third-order valence-electron chi connectivity index (χ3n) is 2.09. The molecule has 5 nitrogen and oxygen atoms in total. The summed E-state index contributed by atoms with van der Waals surface area (Å²) in [6, 6.07) is 1.49. The van der Waals surface area contributed by atoms with Crippen LogP contribution in [0, 0.1) is 0 Å². The maximum Gasteiger partial charge on any atom is 0.276 e. The first-order chi connectivity index (χ1) is 7.89. The number of hydrogen-bond donors (Lipinski definition) is 3. The SMILES string of the molecule is CC(C)N(C(C)C)P(N)(N)=O.CC(C)NC(C)C.Cl.Cl. The Labute approximate surface area is 138 Å². The van der Waals surface area contributed by atoms with E-state index in [0.29, 0.717) is 12.1 Å². The molecule has 0 aromatic carbocycles. The molecule has 5 N–H and O–H groups in total. The van der Waals surface area contributed by atoms with Gasteiger partial charge >= 0.3 is 0 Å². The molecular weight excluding hydrogens is 318 g/mol. The van der Waals surface area contributed by atoms with E-state index in [0.717, 1.165) is 0 Å². The van der Waals surface area contributed by atoms with Crippen molar-refractivity contribution in [3.63, 3.8) is 0 Å². The summed E-state index contributed by atoms with van der Waals surface area (Å²) in [5, 5.41) is 3.31. The van der Waals surface area contributed by atoms with Gasteiger partial charge in [-0.1, -0.05) is 27.7 Å². The average molecular weight is 353 g/mol. The summed E-state index contributed by atoms with van der Waals surface area (Å²) in [4.78, 5) is 0. The monoisotopic (exact) mass is 352 g/mol. The lowest BCUT2D eigenvalue weighted by Gasteiger charge is -2.32. The van der Waals surface area contributed by atoms with Crippen molar-refractivity contribution in [3.8, 4) is 0 Å². The minimum absolute atomic E-state index is 0. The van der Waals surface area contributed by atoms with E-state index in [2.05, 4.69) is 33.0 Å². The number of nitrogens with zero attached hydrogens (tertiary/aromatic N) is 1. The fraction of sp³-hybridized carbons (Fsp3) is 1.00. The van der Waals surface area contributed by atoms with Gasteiger partial charge in [0.15, 0.2) is 0 Å². The second-order valence-electron chi connectivity index (χ2n) is 5.72. The topological polar surface area (TPSA) is 84.4 Å². The molecule has 128 valence electrons. The lowest BCUT2D eigenvalue weighted by atomic mass is 10.3. The second-order valence-corrected chi connectivity index (χ2v) is 7.52. The van der Waals surface area contributed by atoms with Gasteiger partial charge in [0.1, 0.15) is 0 Å². The maximum atomic E-state index is 11.3. The van der Waals surface area contributed by atoms with E-state index in [-0.39, 0.29) is 36.9 Å². The molecule has 0 bridgehead atoms. The van der Waals surface area contributed by atoms with Crippen molar-refractivity contribution in [2.75, 3.05) is 0 Å². The Balaban J connectivity index is -0.000000126. The largest absolute Gasteiger partial charge is 0.312 e. The van der Waals surface area contributed by atoms with Gasteiger partial charge in [-0.05, 0) is 27.7 Å². The van der Waals surface area contributed by atoms with Crippen molar-refractivity contribution < 1.29 is 4.57 Å². The second kappa shape index (κ2) is 13.3. The van der Waals surface area contributed by atoms with Gasteiger partial charge in [-0.3, -0.25) is 15.6 Å². The summed E-state index contributed by atoms with van der Waals surface area (Å²) in [6.07, 6.45) is 0. The van der Waals surface area contributed by atoms with E-state index in [1.165, 1.54) is 0 Å². The summed E-state index contributed by atoms with van der Waals surface area (Å²) in [6.45, 7) is 16.3. The van der Waals surface area contributed by atoms with E-state index in [1.807, 2.05) is 27.7 Å². The Bertz CT molecular complexity index is 244. The van der Waals surface area contributed by atoms with Gasteiger partial charge in [-0.2, -0.15) is 0 Å². The van der Waals surface area contributed by atoms with Crippen molar-refractivity contribution in [1.82, 2.24) is 9.99 Å². The summed E-state index contributed by atoms with van der Waals surface area (Å²) in [5.74, 6) is 0. The molecule has 0 fully saturated rings. The Morgan fingerprint density at radius 1 is 0.800 bits per heavy atom. The van der Waals surface area contributed by atoms with Crippen LogP contribution in [-0.4, -0.2) is 28.8 Å². The van der Waals surface area contributed by atoms with Crippen LogP contribution in [0.25, 0.3) is 0 Å². The molecular formula is C12H35Cl2N4OP. The minimum atomic E-state index is -3.05. The highest BCUT2D eigenvalue weighted by atomic mass is 35.5. The van der Waals surface area contributed by atoms with Crippen molar-refractivity contribution in [2.24, 2.45) is 11.0 Å². The molecule has 0 aliphatic rings. The third kappa shape index (κ3) is 16.7. The van der Waals surface area contributed by atoms with Gasteiger partial charge in [0.25, 0.3) is 7.59 Å². The predicted molar refractivity (Wildman–Crippen MR) is 96.0 cm³/mol. The number of rotatable bonds is 5. The molecule has 20 heavy (non-hydrogen) atoms. The summed E-state index contributed by atoms with van der Waals surface area (Å²) in [5.41, 5.74) is 10.7. The Morgan fingerprint density at radius 3 is 1.05 bits per heavy atom. The van der Waals surface area contributed by atoms with Crippen molar-refractivity contribution in [3.05, 3.63) is 0 Å². The summed E-state index contributed by atoms with van der Waals surface area (Å²) in [7, 11) is -3.05. The molecule has 0 rings (SSSR count). The van der Waals surface area contributed by atoms with E-state index in [9.17, 15) is 4.57 Å². The average Bonchev–Trinajstić information content (AvgIpc) is 1.95. The van der Waals surface area contributed by atoms with E-state index >= 15 is 0 Å². The normalized spacial score (nSPS) is 11.3. The van der Waals surface area contributed by atoms with Gasteiger partial charge in [-0.25, -0.2) is 4.67 Å². The highest BCUT2D eigenvalue weighted by Gasteiger charge is 2.26. The molecule has 0 aliphatic carbocycles. The first-order valence-electron chi connectivity index (χ1n) is 6.61. The van der Waals surface area contributed by atoms with Gasteiger partial charge in [0, 0.05) is 24.2 Å². The van der Waals surface area contributed by atoms with Crippen molar-refractivity contribution in [1.29, 1.82) is 0 Å². The molecule has 0 spiro atoms. The molecule has 0 radical (unpaired) electrons. The molecule has 8 heteroatoms. The Hall–Kier alpha value is 0.650. The molecule has 0 aromatic heterocycles. The molecule has 0 heterocycles. The zero-order valence-corrected chi connectivity index (χ0v) is 16.6. The Kier molecular flexibility index (Phi) is 19.2. The maximum absolute atomic E-state index is 11.3. The van der Waals surface area contributed by atoms with Crippen LogP contribution in [-0.2, 0) is 4.57 Å². The molecule has 0 aliphatic heterocycles. The van der Waals surface area contributed by atoms with E-state index < -0.39 is 7.59 Å². The fourth-order valence-corrected chi connectivity index (χ4v) is 3.43. The zero-order valence-electron chi connectivity index (χ0n) is 14.1. The van der Waals surface area contributed by atoms with Gasteiger partial charge in [0.2, 0.25) is 0 Å². The molecule has 0 saturated carbocycles. The molecule has 0 saturated heterocycles. The first-order valence-corrected chi connectivity index (χ1v) is 8.41.